The molecule has 0 spiro atoms. The topological polar surface area (TPSA) is 103 Å². The number of aryl methyl sites for hydroxylation is 3. The number of rotatable bonds is 6. The van der Waals surface area contributed by atoms with E-state index in [1.54, 1.807) is 52.0 Å². The van der Waals surface area contributed by atoms with E-state index in [4.69, 9.17) is 9.15 Å². The van der Waals surface area contributed by atoms with E-state index in [1.165, 1.54) is 12.1 Å². The van der Waals surface area contributed by atoms with Gasteiger partial charge >= 0.3 is 11.6 Å². The summed E-state index contributed by atoms with van der Waals surface area (Å²) in [5.41, 5.74) is 2.57. The van der Waals surface area contributed by atoms with Crippen LogP contribution in [0.1, 0.15) is 35.6 Å². The zero-order valence-corrected chi connectivity index (χ0v) is 18.9. The van der Waals surface area contributed by atoms with Gasteiger partial charge in [-0.15, -0.1) is 0 Å². The van der Waals surface area contributed by atoms with Crippen LogP contribution in [0.5, 0.6) is 5.75 Å². The van der Waals surface area contributed by atoms with Crippen LogP contribution in [0.25, 0.3) is 11.0 Å². The minimum atomic E-state index is -3.91. The van der Waals surface area contributed by atoms with Gasteiger partial charge in [-0.05, 0) is 69.5 Å². The molecule has 0 fully saturated rings. The second kappa shape index (κ2) is 8.64. The Labute approximate surface area is 181 Å². The molecule has 0 radical (unpaired) electrons. The molecule has 0 amide bonds. The molecule has 164 valence electrons. The number of ether oxygens (including phenoxy) is 1. The van der Waals surface area contributed by atoms with Crippen LogP contribution in [-0.4, -0.2) is 20.4 Å². The first kappa shape index (κ1) is 22.7. The number of carbonyl (C=O) groups excluding carboxylic acids is 1. The summed E-state index contributed by atoms with van der Waals surface area (Å²) >= 11 is 0. The molecule has 2 aromatic carbocycles. The number of esters is 1. The number of hydrogen-bond donors (Lipinski definition) is 1. The van der Waals surface area contributed by atoms with Crippen molar-refractivity contribution >= 4 is 27.0 Å². The maximum atomic E-state index is 12.9. The Kier molecular flexibility index (Phi) is 6.33. The second-order valence-electron chi connectivity index (χ2n) is 7.59. The molecular formula is C23H25NO6S. The van der Waals surface area contributed by atoms with Crippen molar-refractivity contribution in [3.8, 4) is 5.75 Å². The number of fused-ring (bicyclic) bond motifs is 1. The molecule has 1 N–H and O–H groups in total. The average molecular weight is 444 g/mol. The fourth-order valence-electron chi connectivity index (χ4n) is 3.22. The number of hydrogen-bond acceptors (Lipinski definition) is 6. The van der Waals surface area contributed by atoms with E-state index in [-0.39, 0.29) is 17.1 Å². The van der Waals surface area contributed by atoms with Crippen molar-refractivity contribution in [3.63, 3.8) is 0 Å². The van der Waals surface area contributed by atoms with Gasteiger partial charge in [-0.1, -0.05) is 24.6 Å². The first-order valence-corrected chi connectivity index (χ1v) is 11.4. The van der Waals surface area contributed by atoms with Crippen molar-refractivity contribution in [2.45, 2.75) is 52.0 Å². The molecule has 1 aromatic heterocycles. The van der Waals surface area contributed by atoms with Crippen molar-refractivity contribution in [3.05, 3.63) is 69.1 Å². The van der Waals surface area contributed by atoms with Gasteiger partial charge in [0, 0.05) is 5.56 Å². The van der Waals surface area contributed by atoms with Crippen LogP contribution in [0.2, 0.25) is 0 Å². The lowest BCUT2D eigenvalue weighted by Gasteiger charge is -2.18. The quantitative estimate of drug-likeness (QED) is 0.354. The number of sulfonamides is 1. The van der Waals surface area contributed by atoms with Gasteiger partial charge in [-0.25, -0.2) is 18.0 Å². The number of benzene rings is 2. The van der Waals surface area contributed by atoms with E-state index in [2.05, 4.69) is 4.72 Å². The Morgan fingerprint density at radius 2 is 1.68 bits per heavy atom. The zero-order chi connectivity index (χ0) is 22.9. The summed E-state index contributed by atoms with van der Waals surface area (Å²) in [4.78, 5) is 25.0. The van der Waals surface area contributed by atoms with Crippen molar-refractivity contribution in [1.29, 1.82) is 0 Å². The Morgan fingerprint density at radius 3 is 2.29 bits per heavy atom. The molecule has 1 heterocycles. The molecule has 0 saturated heterocycles. The zero-order valence-electron chi connectivity index (χ0n) is 18.1. The Morgan fingerprint density at radius 1 is 1.03 bits per heavy atom. The van der Waals surface area contributed by atoms with Crippen LogP contribution in [0.4, 0.5) is 0 Å². The minimum absolute atomic E-state index is 0.0681. The molecule has 0 aliphatic carbocycles. The maximum Gasteiger partial charge on any atom is 0.339 e. The van der Waals surface area contributed by atoms with E-state index in [0.29, 0.717) is 22.1 Å². The smallest absolute Gasteiger partial charge is 0.339 e. The van der Waals surface area contributed by atoms with Crippen LogP contribution in [0.3, 0.4) is 0 Å². The highest BCUT2D eigenvalue weighted by atomic mass is 32.2. The van der Waals surface area contributed by atoms with Gasteiger partial charge in [-0.2, -0.15) is 4.72 Å². The van der Waals surface area contributed by atoms with Crippen LogP contribution in [0, 0.1) is 27.7 Å². The Balaban J connectivity index is 1.94. The van der Waals surface area contributed by atoms with Gasteiger partial charge in [0.1, 0.15) is 17.4 Å². The summed E-state index contributed by atoms with van der Waals surface area (Å²) in [6, 6.07) is 8.61. The largest absolute Gasteiger partial charge is 0.425 e. The van der Waals surface area contributed by atoms with Crippen LogP contribution in [-0.2, 0) is 14.8 Å². The fourth-order valence-corrected chi connectivity index (χ4v) is 4.49. The van der Waals surface area contributed by atoms with Crippen molar-refractivity contribution in [2.24, 2.45) is 0 Å². The summed E-state index contributed by atoms with van der Waals surface area (Å²) in [5.74, 6) is -0.523. The van der Waals surface area contributed by atoms with Gasteiger partial charge in [-0.3, -0.25) is 0 Å². The molecule has 0 saturated carbocycles. The lowest BCUT2D eigenvalue weighted by atomic mass is 10.0. The third kappa shape index (κ3) is 4.70. The molecule has 3 aromatic rings. The van der Waals surface area contributed by atoms with Crippen molar-refractivity contribution < 1.29 is 22.4 Å². The summed E-state index contributed by atoms with van der Waals surface area (Å²) in [7, 11) is -3.91. The Bertz CT molecular complexity index is 1310. The standard InChI is InChI=1S/C23H25NO6S/c1-6-18(24-31(27,28)17-9-7-13(2)8-10-17)23(26)30-20-12-14(3)11-19-21(20)15(4)16(5)22(25)29-19/h7-12,18,24H,6H2,1-5H3/t18-/m1/s1. The highest BCUT2D eigenvalue weighted by Crippen LogP contribution is 2.31. The summed E-state index contributed by atoms with van der Waals surface area (Å²) in [6.07, 6.45) is 0.195. The predicted octanol–water partition coefficient (Wildman–Crippen LogP) is 3.69. The number of carbonyl (C=O) groups is 1. The molecule has 7 nitrogen and oxygen atoms in total. The lowest BCUT2D eigenvalue weighted by Crippen LogP contribution is -2.42. The van der Waals surface area contributed by atoms with Gasteiger partial charge in [0.05, 0.1) is 10.3 Å². The summed E-state index contributed by atoms with van der Waals surface area (Å²) in [5, 5.41) is 0.507. The molecule has 0 bridgehead atoms. The first-order valence-electron chi connectivity index (χ1n) is 9.89. The molecule has 0 unspecified atom stereocenters. The number of nitrogens with one attached hydrogen (secondary N) is 1. The maximum absolute atomic E-state index is 12.9. The van der Waals surface area contributed by atoms with E-state index in [1.807, 2.05) is 6.92 Å². The molecule has 0 aliphatic rings. The van der Waals surface area contributed by atoms with Crippen LogP contribution in [0.15, 0.2) is 50.5 Å². The minimum Gasteiger partial charge on any atom is -0.425 e. The third-order valence-electron chi connectivity index (χ3n) is 5.19. The van der Waals surface area contributed by atoms with E-state index in [0.717, 1.165) is 11.1 Å². The SMILES string of the molecule is CC[C@@H](NS(=O)(=O)c1ccc(C)cc1)C(=O)Oc1cc(C)cc2oc(=O)c(C)c(C)c12. The van der Waals surface area contributed by atoms with E-state index < -0.39 is 27.7 Å². The van der Waals surface area contributed by atoms with Gasteiger partial charge in [0.25, 0.3) is 0 Å². The van der Waals surface area contributed by atoms with Crippen molar-refractivity contribution in [2.75, 3.05) is 0 Å². The normalized spacial score (nSPS) is 12.7. The van der Waals surface area contributed by atoms with E-state index in [9.17, 15) is 18.0 Å². The molecule has 8 heteroatoms. The molecule has 31 heavy (non-hydrogen) atoms. The third-order valence-corrected chi connectivity index (χ3v) is 6.68. The van der Waals surface area contributed by atoms with Gasteiger partial charge < -0.3 is 9.15 Å². The highest BCUT2D eigenvalue weighted by Gasteiger charge is 2.27. The monoisotopic (exact) mass is 443 g/mol. The molecule has 3 rings (SSSR count). The first-order chi connectivity index (χ1) is 14.5. The van der Waals surface area contributed by atoms with Crippen LogP contribution >= 0.6 is 0 Å². The fraction of sp³-hybridized carbons (Fsp3) is 0.304. The highest BCUT2D eigenvalue weighted by molar-refractivity contribution is 7.89. The predicted molar refractivity (Wildman–Crippen MR) is 118 cm³/mol. The summed E-state index contributed by atoms with van der Waals surface area (Å²) in [6.45, 7) is 8.71. The van der Waals surface area contributed by atoms with Crippen molar-refractivity contribution in [1.82, 2.24) is 4.72 Å². The molecular weight excluding hydrogens is 418 g/mol. The van der Waals surface area contributed by atoms with Crippen LogP contribution < -0.4 is 15.1 Å². The molecule has 0 aliphatic heterocycles. The lowest BCUT2D eigenvalue weighted by molar-refractivity contribution is -0.136. The average Bonchev–Trinajstić information content (AvgIpc) is 2.70. The van der Waals surface area contributed by atoms with E-state index >= 15 is 0 Å². The second-order valence-corrected chi connectivity index (χ2v) is 9.31. The van der Waals surface area contributed by atoms with Gasteiger partial charge in [0.15, 0.2) is 0 Å². The Hall–Kier alpha value is -2.97. The van der Waals surface area contributed by atoms with Gasteiger partial charge in [0.2, 0.25) is 10.0 Å². The summed E-state index contributed by atoms with van der Waals surface area (Å²) < 4.78 is 38.8. The molecule has 1 atom stereocenters.